The molecule has 7 heteroatoms. The Morgan fingerprint density at radius 1 is 0.960 bits per heavy atom. The second kappa shape index (κ2) is 5.93. The zero-order valence-electron chi connectivity index (χ0n) is 12.6. The van der Waals surface area contributed by atoms with Gasteiger partial charge in [0.25, 0.3) is 0 Å². The van der Waals surface area contributed by atoms with Gasteiger partial charge in [0.2, 0.25) is 5.71 Å². The molecule has 0 aliphatic carbocycles. The van der Waals surface area contributed by atoms with Gasteiger partial charge >= 0.3 is 0 Å². The number of halogens is 3. The zero-order valence-corrected chi connectivity index (χ0v) is 14.2. The Bertz CT molecular complexity index is 1090. The van der Waals surface area contributed by atoms with Crippen LogP contribution in [0.25, 0.3) is 33.4 Å². The molecule has 0 saturated heterocycles. The summed E-state index contributed by atoms with van der Waals surface area (Å²) in [6, 6.07) is 11.1. The monoisotopic (exact) mass is 401 g/mol. The molecule has 2 N–H and O–H groups in total. The molecule has 4 aromatic rings. The molecule has 0 unspecified atom stereocenters. The first-order valence-corrected chi connectivity index (χ1v) is 8.09. The van der Waals surface area contributed by atoms with Gasteiger partial charge in [0.1, 0.15) is 12.1 Å². The second-order valence-corrected chi connectivity index (χ2v) is 6.09. The van der Waals surface area contributed by atoms with Crippen molar-refractivity contribution >= 4 is 32.8 Å². The highest BCUT2D eigenvalue weighted by atomic mass is 79.9. The highest BCUT2D eigenvalue weighted by molar-refractivity contribution is 9.10. The molecule has 0 radical (unpaired) electrons. The summed E-state index contributed by atoms with van der Waals surface area (Å²) in [6.45, 7) is 0. The largest absolute Gasteiger partial charge is 0.430 e. The maximum atomic E-state index is 14.0. The lowest BCUT2D eigenvalue weighted by molar-refractivity contribution is 0.511. The summed E-state index contributed by atoms with van der Waals surface area (Å²) in [4.78, 5) is 8.04. The van der Waals surface area contributed by atoms with Gasteiger partial charge in [0, 0.05) is 11.1 Å². The average Bonchev–Trinajstić information content (AvgIpc) is 2.95. The molecule has 2 heterocycles. The lowest BCUT2D eigenvalue weighted by Gasteiger charge is -2.06. The average molecular weight is 402 g/mol. The molecule has 0 bridgehead atoms. The third kappa shape index (κ3) is 2.56. The van der Waals surface area contributed by atoms with Crippen molar-refractivity contribution in [1.82, 2.24) is 9.97 Å². The van der Waals surface area contributed by atoms with Crippen molar-refractivity contribution in [2.45, 2.75) is 0 Å². The van der Waals surface area contributed by atoms with E-state index in [4.69, 9.17) is 10.2 Å². The number of nitrogens with two attached hydrogens (primary N) is 1. The van der Waals surface area contributed by atoms with E-state index in [1.54, 1.807) is 24.3 Å². The number of fused-ring (bicyclic) bond motifs is 1. The van der Waals surface area contributed by atoms with Gasteiger partial charge in [-0.2, -0.15) is 0 Å². The molecule has 0 aliphatic heterocycles. The molecule has 0 aliphatic rings. The SMILES string of the molecule is Nc1ncnc2oc(Br)c(-c3ccc(-c4cccc(F)c4F)cc3)c12. The fraction of sp³-hybridized carbons (Fsp3) is 0. The minimum absolute atomic E-state index is 0.200. The number of anilines is 1. The number of hydrogen-bond acceptors (Lipinski definition) is 4. The van der Waals surface area contributed by atoms with Crippen LogP contribution in [-0.4, -0.2) is 9.97 Å². The fourth-order valence-corrected chi connectivity index (χ4v) is 3.31. The number of aromatic nitrogens is 2. The number of nitrogen functional groups attached to an aromatic ring is 1. The van der Waals surface area contributed by atoms with Gasteiger partial charge < -0.3 is 10.2 Å². The quantitative estimate of drug-likeness (QED) is 0.502. The predicted octanol–water partition coefficient (Wildman–Crippen LogP) is 5.18. The molecule has 124 valence electrons. The molecule has 4 rings (SSSR count). The smallest absolute Gasteiger partial charge is 0.233 e. The molecule has 2 aromatic carbocycles. The van der Waals surface area contributed by atoms with Crippen LogP contribution in [-0.2, 0) is 0 Å². The molecular formula is C18H10BrF2N3O. The Labute approximate surface area is 149 Å². The van der Waals surface area contributed by atoms with E-state index in [1.165, 1.54) is 18.5 Å². The molecule has 0 saturated carbocycles. The van der Waals surface area contributed by atoms with Gasteiger partial charge in [-0.05, 0) is 33.1 Å². The summed E-state index contributed by atoms with van der Waals surface area (Å²) >= 11 is 3.37. The molecular weight excluding hydrogens is 392 g/mol. The van der Waals surface area contributed by atoms with Crippen molar-refractivity contribution in [3.05, 3.63) is 65.1 Å². The van der Waals surface area contributed by atoms with Crippen molar-refractivity contribution in [3.63, 3.8) is 0 Å². The lowest BCUT2D eigenvalue weighted by atomic mass is 10.00. The topological polar surface area (TPSA) is 64.9 Å². The number of benzene rings is 2. The Balaban J connectivity index is 1.84. The normalized spacial score (nSPS) is 11.2. The van der Waals surface area contributed by atoms with Crippen molar-refractivity contribution in [2.75, 3.05) is 5.73 Å². The first kappa shape index (κ1) is 15.7. The van der Waals surface area contributed by atoms with Crippen LogP contribution in [0.4, 0.5) is 14.6 Å². The van der Waals surface area contributed by atoms with Crippen molar-refractivity contribution in [3.8, 4) is 22.3 Å². The summed E-state index contributed by atoms with van der Waals surface area (Å²) in [5, 5.41) is 0.596. The Morgan fingerprint density at radius 3 is 2.44 bits per heavy atom. The van der Waals surface area contributed by atoms with Crippen LogP contribution in [0.1, 0.15) is 0 Å². The van der Waals surface area contributed by atoms with Crippen LogP contribution in [0.15, 0.2) is 57.9 Å². The lowest BCUT2D eigenvalue weighted by Crippen LogP contribution is -1.92. The highest BCUT2D eigenvalue weighted by Gasteiger charge is 2.18. The molecule has 4 nitrogen and oxygen atoms in total. The number of hydrogen-bond donors (Lipinski definition) is 1. The Morgan fingerprint density at radius 2 is 1.68 bits per heavy atom. The van der Waals surface area contributed by atoms with Crippen LogP contribution < -0.4 is 5.73 Å². The van der Waals surface area contributed by atoms with Gasteiger partial charge in [0.15, 0.2) is 16.3 Å². The van der Waals surface area contributed by atoms with Crippen molar-refractivity contribution in [1.29, 1.82) is 0 Å². The van der Waals surface area contributed by atoms with E-state index in [9.17, 15) is 8.78 Å². The van der Waals surface area contributed by atoms with Gasteiger partial charge in [-0.25, -0.2) is 18.7 Å². The number of nitrogens with zero attached hydrogens (tertiary/aromatic N) is 2. The number of furan rings is 1. The summed E-state index contributed by atoms with van der Waals surface area (Å²) in [5.41, 5.74) is 8.57. The van der Waals surface area contributed by atoms with Crippen LogP contribution in [0, 0.1) is 11.6 Å². The van der Waals surface area contributed by atoms with E-state index in [1.807, 2.05) is 0 Å². The first-order valence-electron chi connectivity index (χ1n) is 7.29. The van der Waals surface area contributed by atoms with Crippen LogP contribution >= 0.6 is 15.9 Å². The highest BCUT2D eigenvalue weighted by Crippen LogP contribution is 2.40. The Hall–Kier alpha value is -2.80. The summed E-state index contributed by atoms with van der Waals surface area (Å²) in [5.74, 6) is -1.45. The van der Waals surface area contributed by atoms with Crippen molar-refractivity contribution in [2.24, 2.45) is 0 Å². The fourth-order valence-electron chi connectivity index (χ4n) is 2.73. The molecule has 0 fully saturated rings. The standard InChI is InChI=1S/C18H10BrF2N3O/c19-16-13(14-17(22)23-8-24-18(14)25-16)10-6-4-9(5-7-10)11-2-1-3-12(20)15(11)21/h1-8H,(H2,22,23,24). The van der Waals surface area contributed by atoms with E-state index in [0.717, 1.165) is 11.6 Å². The Kier molecular flexibility index (Phi) is 3.73. The summed E-state index contributed by atoms with van der Waals surface area (Å²) < 4.78 is 33.4. The van der Waals surface area contributed by atoms with Crippen LogP contribution in [0.5, 0.6) is 0 Å². The van der Waals surface area contributed by atoms with E-state index in [2.05, 4.69) is 25.9 Å². The summed E-state index contributed by atoms with van der Waals surface area (Å²) in [7, 11) is 0. The van der Waals surface area contributed by atoms with Gasteiger partial charge in [-0.3, -0.25) is 0 Å². The first-order chi connectivity index (χ1) is 12.1. The van der Waals surface area contributed by atoms with E-state index in [-0.39, 0.29) is 5.56 Å². The van der Waals surface area contributed by atoms with Crippen molar-refractivity contribution < 1.29 is 13.2 Å². The summed E-state index contributed by atoms with van der Waals surface area (Å²) in [6.07, 6.45) is 1.33. The molecule has 0 amide bonds. The van der Waals surface area contributed by atoms with Gasteiger partial charge in [-0.15, -0.1) is 0 Å². The van der Waals surface area contributed by atoms with Gasteiger partial charge in [-0.1, -0.05) is 36.4 Å². The third-order valence-corrected chi connectivity index (χ3v) is 4.47. The maximum Gasteiger partial charge on any atom is 0.233 e. The molecule has 25 heavy (non-hydrogen) atoms. The third-order valence-electron chi connectivity index (χ3n) is 3.91. The zero-order chi connectivity index (χ0) is 17.6. The second-order valence-electron chi connectivity index (χ2n) is 5.37. The molecule has 0 spiro atoms. The number of rotatable bonds is 2. The predicted molar refractivity (Wildman–Crippen MR) is 94.7 cm³/mol. The molecule has 2 aromatic heterocycles. The van der Waals surface area contributed by atoms with E-state index >= 15 is 0 Å². The van der Waals surface area contributed by atoms with Crippen LogP contribution in [0.3, 0.4) is 0 Å². The van der Waals surface area contributed by atoms with Crippen LogP contribution in [0.2, 0.25) is 0 Å². The van der Waals surface area contributed by atoms with Gasteiger partial charge in [0.05, 0.1) is 5.39 Å². The molecule has 0 atom stereocenters. The minimum Gasteiger partial charge on any atom is -0.430 e. The maximum absolute atomic E-state index is 14.0. The van der Waals surface area contributed by atoms with E-state index < -0.39 is 11.6 Å². The van der Waals surface area contributed by atoms with E-state index in [0.29, 0.717) is 32.7 Å². The minimum atomic E-state index is -0.880.